The molecular weight excluding hydrogens is 475 g/mol. The maximum Gasteiger partial charge on any atom is 0.274 e. The van der Waals surface area contributed by atoms with Crippen LogP contribution in [0.2, 0.25) is 0 Å². The van der Waals surface area contributed by atoms with Crippen LogP contribution in [-0.2, 0) is 4.74 Å². The quantitative estimate of drug-likeness (QED) is 0.494. The molecule has 0 spiro atoms. The Bertz CT molecular complexity index is 1290. The molecule has 1 aromatic carbocycles. The summed E-state index contributed by atoms with van der Waals surface area (Å²) in [5.41, 5.74) is -2.06. The molecule has 2 aliphatic rings. The number of nitrogens with one attached hydrogen (secondary N) is 1. The van der Waals surface area contributed by atoms with E-state index >= 15 is 0 Å². The van der Waals surface area contributed by atoms with Crippen molar-refractivity contribution in [2.45, 2.75) is 56.0 Å². The van der Waals surface area contributed by atoms with Crippen LogP contribution in [0.5, 0.6) is 0 Å². The molecule has 10 heteroatoms. The zero-order valence-electron chi connectivity index (χ0n) is 19.1. The molecule has 5 rings (SSSR count). The van der Waals surface area contributed by atoms with Crippen LogP contribution in [0.25, 0.3) is 11.3 Å². The summed E-state index contributed by atoms with van der Waals surface area (Å²) in [7, 11) is 0. The molecule has 0 bridgehead atoms. The van der Waals surface area contributed by atoms with Gasteiger partial charge in [-0.05, 0) is 43.2 Å². The minimum atomic E-state index is -1.30. The second kappa shape index (κ2) is 9.61. The molecule has 0 radical (unpaired) electrons. The molecule has 1 saturated carbocycles. The number of nitrogens with zero attached hydrogens (tertiary/aromatic N) is 2. The molecule has 36 heavy (non-hydrogen) atoms. The van der Waals surface area contributed by atoms with Gasteiger partial charge >= 0.3 is 0 Å². The van der Waals surface area contributed by atoms with Crippen molar-refractivity contribution >= 4 is 11.6 Å². The fourth-order valence-corrected chi connectivity index (χ4v) is 5.02. The summed E-state index contributed by atoms with van der Waals surface area (Å²) in [5.74, 6) is -3.76. The number of aliphatic hydroxyl groups is 2. The van der Waals surface area contributed by atoms with Gasteiger partial charge in [0.25, 0.3) is 5.91 Å². The van der Waals surface area contributed by atoms with E-state index in [1.807, 2.05) is 0 Å². The highest BCUT2D eigenvalue weighted by Gasteiger charge is 2.51. The number of hydrogen-bond acceptors (Lipinski definition) is 6. The molecule has 3 aromatic rings. The number of ether oxygens (including phenoxy) is 1. The van der Waals surface area contributed by atoms with Gasteiger partial charge in [-0.15, -0.1) is 0 Å². The second-order valence-corrected chi connectivity index (χ2v) is 9.14. The molecule has 7 nitrogen and oxygen atoms in total. The Hall–Kier alpha value is -3.34. The zero-order valence-corrected chi connectivity index (χ0v) is 19.1. The number of fused-ring (bicyclic) bond motifs is 1. The maximum atomic E-state index is 14.4. The Kier molecular flexibility index (Phi) is 6.50. The van der Waals surface area contributed by atoms with Crippen LogP contribution in [0.15, 0.2) is 48.8 Å². The van der Waals surface area contributed by atoms with Crippen molar-refractivity contribution < 1.29 is 32.9 Å². The van der Waals surface area contributed by atoms with Crippen molar-refractivity contribution in [1.29, 1.82) is 0 Å². The first-order valence-corrected chi connectivity index (χ1v) is 11.7. The zero-order chi connectivity index (χ0) is 25.4. The Labute approximate surface area is 205 Å². The molecule has 1 aliphatic heterocycles. The van der Waals surface area contributed by atoms with E-state index in [4.69, 9.17) is 4.74 Å². The largest absolute Gasteiger partial charge is 0.390 e. The number of hydrogen-bond donors (Lipinski definition) is 3. The molecular formula is C26H24F3N3O4. The van der Waals surface area contributed by atoms with Crippen molar-refractivity contribution in [2.24, 2.45) is 0 Å². The number of rotatable bonds is 4. The number of carbonyl (C=O) groups excluding carboxylic acids is 1. The smallest absolute Gasteiger partial charge is 0.274 e. The third-order valence-electron chi connectivity index (χ3n) is 6.92. The van der Waals surface area contributed by atoms with Crippen LogP contribution in [-0.4, -0.2) is 43.9 Å². The van der Waals surface area contributed by atoms with E-state index in [9.17, 15) is 28.2 Å². The first-order valence-electron chi connectivity index (χ1n) is 11.7. The van der Waals surface area contributed by atoms with Gasteiger partial charge in [-0.25, -0.2) is 18.2 Å². The van der Waals surface area contributed by atoms with Gasteiger partial charge in [0.2, 0.25) is 0 Å². The van der Waals surface area contributed by atoms with Gasteiger partial charge in [-0.3, -0.25) is 9.78 Å². The van der Waals surface area contributed by atoms with E-state index in [1.165, 1.54) is 12.4 Å². The van der Waals surface area contributed by atoms with E-state index in [0.717, 1.165) is 43.2 Å². The Morgan fingerprint density at radius 2 is 1.86 bits per heavy atom. The van der Waals surface area contributed by atoms with Crippen LogP contribution in [0, 0.1) is 17.5 Å². The highest BCUT2D eigenvalue weighted by molar-refractivity contribution is 6.03. The van der Waals surface area contributed by atoms with Crippen molar-refractivity contribution in [3.8, 4) is 11.3 Å². The Balaban J connectivity index is 1.42. The van der Waals surface area contributed by atoms with Gasteiger partial charge in [-0.1, -0.05) is 18.9 Å². The van der Waals surface area contributed by atoms with Crippen molar-refractivity contribution in [3.05, 3.63) is 77.5 Å². The number of aromatic nitrogens is 2. The summed E-state index contributed by atoms with van der Waals surface area (Å²) in [6, 6.07) is 6.74. The lowest BCUT2D eigenvalue weighted by molar-refractivity contribution is -0.242. The van der Waals surface area contributed by atoms with Crippen molar-refractivity contribution in [2.75, 3.05) is 5.32 Å². The van der Waals surface area contributed by atoms with E-state index in [0.29, 0.717) is 18.4 Å². The van der Waals surface area contributed by atoms with E-state index < -0.39 is 58.5 Å². The van der Waals surface area contributed by atoms with Crippen LogP contribution >= 0.6 is 0 Å². The summed E-state index contributed by atoms with van der Waals surface area (Å²) in [6.07, 6.45) is 3.58. The fraction of sp³-hybridized carbons (Fsp3) is 0.346. The molecule has 3 heterocycles. The minimum Gasteiger partial charge on any atom is -0.390 e. The van der Waals surface area contributed by atoms with Crippen LogP contribution in [0.1, 0.15) is 54.3 Å². The molecule has 3 N–H and O–H groups in total. The number of pyridine rings is 2. The van der Waals surface area contributed by atoms with Gasteiger partial charge in [0, 0.05) is 18.2 Å². The first-order chi connectivity index (χ1) is 17.3. The number of benzene rings is 1. The van der Waals surface area contributed by atoms with Gasteiger partial charge in [0.15, 0.2) is 0 Å². The molecule has 188 valence electrons. The van der Waals surface area contributed by atoms with E-state index in [1.54, 1.807) is 6.07 Å². The minimum absolute atomic E-state index is 0.116. The normalized spacial score (nSPS) is 25.8. The van der Waals surface area contributed by atoms with E-state index in [-0.39, 0.29) is 17.8 Å². The summed E-state index contributed by atoms with van der Waals surface area (Å²) < 4.78 is 49.0. The van der Waals surface area contributed by atoms with Gasteiger partial charge < -0.3 is 20.3 Å². The maximum absolute atomic E-state index is 14.4. The van der Waals surface area contributed by atoms with Crippen molar-refractivity contribution in [1.82, 2.24) is 9.97 Å². The highest BCUT2D eigenvalue weighted by Crippen LogP contribution is 2.45. The Morgan fingerprint density at radius 3 is 2.64 bits per heavy atom. The average Bonchev–Trinajstić information content (AvgIpc) is 2.86. The van der Waals surface area contributed by atoms with Gasteiger partial charge in [0.1, 0.15) is 34.4 Å². The van der Waals surface area contributed by atoms with Crippen LogP contribution in [0.4, 0.5) is 18.9 Å². The standard InChI is InChI=1S/C26H24F3N3O4/c27-15-4-3-5-16(28)23(15)24-17(29)7-8-18(31-24)25(34)32-19-13-30-11-9-14(19)20-12-21(33)26(35)10-2-1-6-22(26)36-20/h3-5,7-9,11,13,20-22,33,35H,1-2,6,10,12H2,(H,32,34)/t20-,21-,22-,26+/m1/s1. The summed E-state index contributed by atoms with van der Waals surface area (Å²) >= 11 is 0. The van der Waals surface area contributed by atoms with Crippen LogP contribution < -0.4 is 5.32 Å². The molecule has 1 saturated heterocycles. The highest BCUT2D eigenvalue weighted by atomic mass is 19.1. The number of carbonyl (C=O) groups is 1. The van der Waals surface area contributed by atoms with Crippen LogP contribution in [0.3, 0.4) is 0 Å². The topological polar surface area (TPSA) is 105 Å². The summed E-state index contributed by atoms with van der Waals surface area (Å²) in [5, 5.41) is 24.3. The molecule has 0 unspecified atom stereocenters. The van der Waals surface area contributed by atoms with Gasteiger partial charge in [0.05, 0.1) is 35.8 Å². The lowest BCUT2D eigenvalue weighted by atomic mass is 9.74. The molecule has 1 aliphatic carbocycles. The van der Waals surface area contributed by atoms with Gasteiger partial charge in [-0.2, -0.15) is 0 Å². The number of anilines is 1. The third kappa shape index (κ3) is 4.36. The predicted molar refractivity (Wildman–Crippen MR) is 123 cm³/mol. The predicted octanol–water partition coefficient (Wildman–Crippen LogP) is 4.31. The SMILES string of the molecule is O=C(Nc1cnccc1[C@H]1C[C@@H](O)[C@@]2(O)CCCC[C@H]2O1)c1ccc(F)c(-c2c(F)cccc2F)n1. The number of aliphatic hydroxyl groups excluding tert-OH is 1. The average molecular weight is 499 g/mol. The molecule has 4 atom stereocenters. The van der Waals surface area contributed by atoms with E-state index in [2.05, 4.69) is 15.3 Å². The molecule has 1 amide bonds. The third-order valence-corrected chi connectivity index (χ3v) is 6.92. The van der Waals surface area contributed by atoms with Crippen molar-refractivity contribution in [3.63, 3.8) is 0 Å². The lowest BCUT2D eigenvalue weighted by Gasteiger charge is -2.49. The Morgan fingerprint density at radius 1 is 1.08 bits per heavy atom. The number of amides is 1. The number of halogens is 3. The first kappa shape index (κ1) is 24.4. The lowest BCUT2D eigenvalue weighted by Crippen LogP contribution is -2.58. The summed E-state index contributed by atoms with van der Waals surface area (Å²) in [4.78, 5) is 20.9. The second-order valence-electron chi connectivity index (χ2n) is 9.14. The monoisotopic (exact) mass is 499 g/mol. The molecule has 2 fully saturated rings. The molecule has 2 aromatic heterocycles. The fourth-order valence-electron chi connectivity index (χ4n) is 5.02. The summed E-state index contributed by atoms with van der Waals surface area (Å²) in [6.45, 7) is 0.